The minimum atomic E-state index is -0.202. The molecule has 4 heteroatoms. The molecule has 218 valence electrons. The molecule has 40 heavy (non-hydrogen) atoms. The summed E-state index contributed by atoms with van der Waals surface area (Å²) in [7, 11) is 0. The molecule has 3 aromatic rings. The van der Waals surface area contributed by atoms with Crippen molar-refractivity contribution in [3.05, 3.63) is 87.7 Å². The average Bonchev–Trinajstić information content (AvgIpc) is 2.79. The van der Waals surface area contributed by atoms with E-state index >= 15 is 0 Å². The van der Waals surface area contributed by atoms with Crippen molar-refractivity contribution in [2.24, 2.45) is 0 Å². The van der Waals surface area contributed by atoms with Crippen molar-refractivity contribution in [1.29, 1.82) is 0 Å². The van der Waals surface area contributed by atoms with Gasteiger partial charge in [-0.2, -0.15) is 0 Å². The molecule has 4 nitrogen and oxygen atoms in total. The molecule has 0 aliphatic rings. The van der Waals surface area contributed by atoms with E-state index in [1.54, 1.807) is 0 Å². The maximum absolute atomic E-state index is 11.6. The highest BCUT2D eigenvalue weighted by atomic mass is 16.3. The third-order valence-corrected chi connectivity index (χ3v) is 7.65. The second-order valence-corrected chi connectivity index (χ2v) is 15.5. The lowest BCUT2D eigenvalue weighted by molar-refractivity contribution is 0.235. The molecule has 2 N–H and O–H groups in total. The Morgan fingerprint density at radius 2 is 1.18 bits per heavy atom. The minimum Gasteiger partial charge on any atom is -0.508 e. The van der Waals surface area contributed by atoms with E-state index in [0.717, 1.165) is 33.5 Å². The number of phenolic OH excluding ortho intramolecular Hbond substituents is 2. The van der Waals surface area contributed by atoms with E-state index in [9.17, 15) is 10.2 Å². The largest absolute Gasteiger partial charge is 0.508 e. The van der Waals surface area contributed by atoms with Crippen molar-refractivity contribution in [2.75, 3.05) is 0 Å². The van der Waals surface area contributed by atoms with Gasteiger partial charge in [0.15, 0.2) is 0 Å². The first-order valence-corrected chi connectivity index (χ1v) is 14.5. The Labute approximate surface area is 243 Å². The first kappa shape index (κ1) is 31.7. The standard InChI is InChI=1S/C36H52N2O2/c1-33(2,3)25-17-24(32(40)30(19-25)36(10,11)12)21-38(22-27-15-13-14-16-37-27)23-28-29(35(7,8)9)18-26(20-31(28)39)34(4,5)6/h13-20,39-40H,21-23H2,1-12H3. The van der Waals surface area contributed by atoms with Gasteiger partial charge in [-0.1, -0.05) is 107 Å². The second kappa shape index (κ2) is 11.2. The number of hydrogen-bond acceptors (Lipinski definition) is 4. The monoisotopic (exact) mass is 544 g/mol. The van der Waals surface area contributed by atoms with Gasteiger partial charge in [-0.15, -0.1) is 0 Å². The Balaban J connectivity index is 2.18. The Hall–Kier alpha value is -2.85. The molecule has 2 aromatic carbocycles. The topological polar surface area (TPSA) is 56.6 Å². The van der Waals surface area contributed by atoms with Gasteiger partial charge in [0.2, 0.25) is 0 Å². The summed E-state index contributed by atoms with van der Waals surface area (Å²) in [6.07, 6.45) is 1.82. The minimum absolute atomic E-state index is 0.0608. The third kappa shape index (κ3) is 7.66. The van der Waals surface area contributed by atoms with Gasteiger partial charge in [0.05, 0.1) is 5.69 Å². The van der Waals surface area contributed by atoms with Crippen LogP contribution in [0.4, 0.5) is 0 Å². The van der Waals surface area contributed by atoms with Gasteiger partial charge in [-0.3, -0.25) is 9.88 Å². The smallest absolute Gasteiger partial charge is 0.123 e. The molecule has 1 aromatic heterocycles. The lowest BCUT2D eigenvalue weighted by Crippen LogP contribution is -2.27. The van der Waals surface area contributed by atoms with Gasteiger partial charge >= 0.3 is 0 Å². The van der Waals surface area contributed by atoms with Gasteiger partial charge < -0.3 is 10.2 Å². The highest BCUT2D eigenvalue weighted by molar-refractivity contribution is 5.50. The number of benzene rings is 2. The van der Waals surface area contributed by atoms with Crippen LogP contribution in [0.5, 0.6) is 11.5 Å². The molecule has 0 atom stereocenters. The molecule has 0 saturated heterocycles. The zero-order valence-corrected chi connectivity index (χ0v) is 27.0. The van der Waals surface area contributed by atoms with Crippen molar-refractivity contribution >= 4 is 0 Å². The number of nitrogens with zero attached hydrogens (tertiary/aromatic N) is 2. The van der Waals surface area contributed by atoms with Crippen molar-refractivity contribution < 1.29 is 10.2 Å². The average molecular weight is 545 g/mol. The molecule has 0 aliphatic heterocycles. The molecule has 0 unspecified atom stereocenters. The number of hydrogen-bond donors (Lipinski definition) is 2. The zero-order chi connectivity index (χ0) is 30.3. The molecule has 0 amide bonds. The predicted octanol–water partition coefficient (Wildman–Crippen LogP) is 8.89. The fourth-order valence-corrected chi connectivity index (χ4v) is 5.10. The molecule has 0 aliphatic carbocycles. The van der Waals surface area contributed by atoms with Gasteiger partial charge in [0.1, 0.15) is 11.5 Å². The molecule has 3 rings (SSSR count). The number of rotatable bonds is 6. The number of aromatic hydroxyl groups is 2. The van der Waals surface area contributed by atoms with Gasteiger partial charge in [0, 0.05) is 37.0 Å². The summed E-state index contributed by atoms with van der Waals surface area (Å²) in [6, 6.07) is 14.5. The van der Waals surface area contributed by atoms with Crippen LogP contribution in [-0.4, -0.2) is 20.1 Å². The predicted molar refractivity (Wildman–Crippen MR) is 168 cm³/mol. The highest BCUT2D eigenvalue weighted by Crippen LogP contribution is 2.40. The fraction of sp³-hybridized carbons (Fsp3) is 0.528. The van der Waals surface area contributed by atoms with Gasteiger partial charge in [-0.05, 0) is 62.1 Å². The van der Waals surface area contributed by atoms with Crippen LogP contribution < -0.4 is 0 Å². The normalized spacial score (nSPS) is 13.2. The molecule has 1 heterocycles. The van der Waals surface area contributed by atoms with Crippen LogP contribution in [0.25, 0.3) is 0 Å². The zero-order valence-electron chi connectivity index (χ0n) is 27.0. The SMILES string of the molecule is CC(C)(C)c1cc(CN(Cc2ccccn2)Cc2c(O)cc(C(C)(C)C)cc2C(C)(C)C)c(O)c(C(C)(C)C)c1. The van der Waals surface area contributed by atoms with E-state index in [-0.39, 0.29) is 21.7 Å². The van der Waals surface area contributed by atoms with E-state index in [2.05, 4.69) is 111 Å². The van der Waals surface area contributed by atoms with Gasteiger partial charge in [0.25, 0.3) is 0 Å². The molecule has 0 saturated carbocycles. The molecule has 0 bridgehead atoms. The number of aromatic nitrogens is 1. The van der Waals surface area contributed by atoms with Crippen molar-refractivity contribution in [1.82, 2.24) is 9.88 Å². The third-order valence-electron chi connectivity index (χ3n) is 7.65. The van der Waals surface area contributed by atoms with E-state index in [4.69, 9.17) is 0 Å². The number of pyridine rings is 1. The number of phenols is 2. The molecular formula is C36H52N2O2. The molecule has 0 fully saturated rings. The lowest BCUT2D eigenvalue weighted by atomic mass is 9.78. The second-order valence-electron chi connectivity index (χ2n) is 15.5. The Kier molecular flexibility index (Phi) is 8.87. The van der Waals surface area contributed by atoms with Gasteiger partial charge in [-0.25, -0.2) is 0 Å². The lowest BCUT2D eigenvalue weighted by Gasteiger charge is -2.32. The first-order chi connectivity index (χ1) is 18.2. The summed E-state index contributed by atoms with van der Waals surface area (Å²) < 4.78 is 0. The maximum Gasteiger partial charge on any atom is 0.123 e. The Morgan fingerprint density at radius 3 is 1.68 bits per heavy atom. The van der Waals surface area contributed by atoms with Crippen LogP contribution in [0.1, 0.15) is 122 Å². The van der Waals surface area contributed by atoms with E-state index < -0.39 is 0 Å². The summed E-state index contributed by atoms with van der Waals surface area (Å²) in [4.78, 5) is 6.90. The summed E-state index contributed by atoms with van der Waals surface area (Å²) in [6.45, 7) is 27.9. The first-order valence-electron chi connectivity index (χ1n) is 14.5. The van der Waals surface area contributed by atoms with Crippen LogP contribution in [0.3, 0.4) is 0 Å². The van der Waals surface area contributed by atoms with E-state index in [0.29, 0.717) is 31.1 Å². The van der Waals surface area contributed by atoms with Crippen LogP contribution in [0.15, 0.2) is 48.7 Å². The summed E-state index contributed by atoms with van der Waals surface area (Å²) in [5.41, 5.74) is 6.72. The molecular weight excluding hydrogens is 492 g/mol. The quantitative estimate of drug-likeness (QED) is 0.325. The summed E-state index contributed by atoms with van der Waals surface area (Å²) in [5.74, 6) is 0.682. The van der Waals surface area contributed by atoms with Crippen molar-refractivity contribution in [3.63, 3.8) is 0 Å². The van der Waals surface area contributed by atoms with E-state index in [1.807, 2.05) is 30.5 Å². The van der Waals surface area contributed by atoms with Crippen LogP contribution in [0.2, 0.25) is 0 Å². The van der Waals surface area contributed by atoms with Crippen LogP contribution >= 0.6 is 0 Å². The molecule has 0 radical (unpaired) electrons. The van der Waals surface area contributed by atoms with Crippen molar-refractivity contribution in [3.8, 4) is 11.5 Å². The van der Waals surface area contributed by atoms with Crippen molar-refractivity contribution in [2.45, 2.75) is 124 Å². The maximum atomic E-state index is 11.6. The Morgan fingerprint density at radius 1 is 0.625 bits per heavy atom. The van der Waals surface area contributed by atoms with Crippen LogP contribution in [0, 0.1) is 0 Å². The van der Waals surface area contributed by atoms with E-state index in [1.165, 1.54) is 5.56 Å². The summed E-state index contributed by atoms with van der Waals surface area (Å²) >= 11 is 0. The highest BCUT2D eigenvalue weighted by Gasteiger charge is 2.28. The summed E-state index contributed by atoms with van der Waals surface area (Å²) in [5, 5.41) is 23.0. The fourth-order valence-electron chi connectivity index (χ4n) is 5.10. The molecule has 0 spiro atoms. The Bertz CT molecular complexity index is 1310. The van der Waals surface area contributed by atoms with Crippen LogP contribution in [-0.2, 0) is 41.3 Å².